The van der Waals surface area contributed by atoms with Gasteiger partial charge in [0.25, 0.3) is 11.8 Å². The molecule has 2 aliphatic heterocycles. The van der Waals surface area contributed by atoms with Crippen LogP contribution in [0, 0.1) is 20.8 Å². The Morgan fingerprint density at radius 2 is 1.38 bits per heavy atom. The lowest BCUT2D eigenvalue weighted by molar-refractivity contribution is -0.120. The van der Waals surface area contributed by atoms with Crippen molar-refractivity contribution in [1.29, 1.82) is 0 Å². The molecule has 7 heteroatoms. The zero-order valence-electron chi connectivity index (χ0n) is 19.7. The summed E-state index contributed by atoms with van der Waals surface area (Å²) < 4.78 is 0. The van der Waals surface area contributed by atoms with Crippen molar-refractivity contribution in [3.05, 3.63) is 88.9 Å². The Kier molecular flexibility index (Phi) is 5.61. The zero-order valence-corrected chi connectivity index (χ0v) is 19.7. The molecule has 2 aliphatic rings. The molecule has 1 fully saturated rings. The molecule has 0 saturated carbocycles. The van der Waals surface area contributed by atoms with Crippen LogP contribution in [0.2, 0.25) is 0 Å². The van der Waals surface area contributed by atoms with Gasteiger partial charge in [-0.25, -0.2) is 14.9 Å². The summed E-state index contributed by atoms with van der Waals surface area (Å²) in [5.41, 5.74) is 5.62. The van der Waals surface area contributed by atoms with Gasteiger partial charge in [0.1, 0.15) is 5.70 Å². The maximum absolute atomic E-state index is 13.8. The molecule has 34 heavy (non-hydrogen) atoms. The second-order valence-corrected chi connectivity index (χ2v) is 8.83. The highest BCUT2D eigenvalue weighted by molar-refractivity contribution is 6.45. The number of aryl methyl sites for hydroxylation is 3. The van der Waals surface area contributed by atoms with Gasteiger partial charge in [0.05, 0.1) is 11.3 Å². The van der Waals surface area contributed by atoms with Crippen LogP contribution < -0.4 is 9.80 Å². The van der Waals surface area contributed by atoms with Crippen LogP contribution in [0.5, 0.6) is 0 Å². The fraction of sp³-hybridized carbons (Fsp3) is 0.259. The number of carbonyl (C=O) groups is 2. The Labute approximate surface area is 199 Å². The lowest BCUT2D eigenvalue weighted by atomic mass is 9.99. The standard InChI is InChI=1S/C27H27N5O2/c1-18-5-9-22(10-6-18)32-25(33)23(21-8-7-19(2)20(3)17-21)24(26(32)34)30-13-15-31(16-14-30)27-28-11-4-12-29-27/h4-12,17H,13-16H2,1-3H3. The molecule has 2 aromatic carbocycles. The van der Waals surface area contributed by atoms with Crippen molar-refractivity contribution < 1.29 is 9.59 Å². The third-order valence-electron chi connectivity index (χ3n) is 6.58. The highest BCUT2D eigenvalue weighted by atomic mass is 16.2. The topological polar surface area (TPSA) is 69.6 Å². The van der Waals surface area contributed by atoms with Crippen LogP contribution in [0.3, 0.4) is 0 Å². The highest BCUT2D eigenvalue weighted by Crippen LogP contribution is 2.36. The van der Waals surface area contributed by atoms with E-state index in [1.54, 1.807) is 18.5 Å². The number of anilines is 2. The van der Waals surface area contributed by atoms with Gasteiger partial charge >= 0.3 is 0 Å². The molecule has 0 aliphatic carbocycles. The molecule has 5 rings (SSSR count). The molecule has 0 bridgehead atoms. The molecule has 0 atom stereocenters. The Hall–Kier alpha value is -4.00. The Bertz CT molecular complexity index is 1280. The van der Waals surface area contributed by atoms with E-state index in [-0.39, 0.29) is 11.8 Å². The summed E-state index contributed by atoms with van der Waals surface area (Å²) in [4.78, 5) is 41.6. The van der Waals surface area contributed by atoms with Crippen LogP contribution in [0.1, 0.15) is 22.3 Å². The van der Waals surface area contributed by atoms with Crippen molar-refractivity contribution in [2.75, 3.05) is 36.0 Å². The van der Waals surface area contributed by atoms with Crippen molar-refractivity contribution in [2.24, 2.45) is 0 Å². The van der Waals surface area contributed by atoms with E-state index < -0.39 is 0 Å². The molecule has 0 spiro atoms. The molecule has 0 radical (unpaired) electrons. The number of hydrogen-bond acceptors (Lipinski definition) is 6. The predicted molar refractivity (Wildman–Crippen MR) is 132 cm³/mol. The molecule has 3 aromatic rings. The third kappa shape index (κ3) is 3.83. The molecule has 7 nitrogen and oxygen atoms in total. The molecular weight excluding hydrogens is 426 g/mol. The van der Waals surface area contributed by atoms with E-state index in [4.69, 9.17) is 0 Å². The third-order valence-corrected chi connectivity index (χ3v) is 6.58. The van der Waals surface area contributed by atoms with E-state index in [1.807, 2.05) is 68.1 Å². The summed E-state index contributed by atoms with van der Waals surface area (Å²) in [6, 6.07) is 15.2. The van der Waals surface area contributed by atoms with E-state index in [9.17, 15) is 9.59 Å². The first kappa shape index (κ1) is 21.8. The molecule has 1 saturated heterocycles. The maximum atomic E-state index is 13.8. The van der Waals surface area contributed by atoms with E-state index in [2.05, 4.69) is 14.9 Å². The van der Waals surface area contributed by atoms with Gasteiger partial charge in [-0.3, -0.25) is 9.59 Å². The SMILES string of the molecule is Cc1ccc(N2C(=O)C(c3ccc(C)c(C)c3)=C(N3CCN(c4ncccn4)CC3)C2=O)cc1. The van der Waals surface area contributed by atoms with Crippen molar-refractivity contribution in [2.45, 2.75) is 20.8 Å². The number of rotatable bonds is 4. The summed E-state index contributed by atoms with van der Waals surface area (Å²) in [5, 5.41) is 0. The predicted octanol–water partition coefficient (Wildman–Crippen LogP) is 3.51. The van der Waals surface area contributed by atoms with Crippen LogP contribution in [0.4, 0.5) is 11.6 Å². The summed E-state index contributed by atoms with van der Waals surface area (Å²) in [5.74, 6) is 0.132. The van der Waals surface area contributed by atoms with Crippen molar-refractivity contribution in [1.82, 2.24) is 14.9 Å². The number of carbonyl (C=O) groups excluding carboxylic acids is 2. The minimum absolute atomic E-state index is 0.272. The van der Waals surface area contributed by atoms with Gasteiger partial charge < -0.3 is 9.80 Å². The van der Waals surface area contributed by atoms with E-state index in [0.717, 1.165) is 22.3 Å². The van der Waals surface area contributed by atoms with E-state index in [1.165, 1.54) is 4.90 Å². The zero-order chi connectivity index (χ0) is 23.8. The second kappa shape index (κ2) is 8.74. The molecular formula is C27H27N5O2. The number of hydrogen-bond donors (Lipinski definition) is 0. The Morgan fingerprint density at radius 3 is 2.03 bits per heavy atom. The first-order valence-electron chi connectivity index (χ1n) is 11.5. The number of aromatic nitrogens is 2. The molecule has 0 N–H and O–H groups in total. The average Bonchev–Trinajstić information content (AvgIpc) is 3.12. The Balaban J connectivity index is 1.52. The van der Waals surface area contributed by atoms with Gasteiger partial charge in [-0.1, -0.05) is 35.9 Å². The maximum Gasteiger partial charge on any atom is 0.282 e. The van der Waals surface area contributed by atoms with Crippen LogP contribution in [-0.2, 0) is 9.59 Å². The van der Waals surface area contributed by atoms with Crippen LogP contribution >= 0.6 is 0 Å². The smallest absolute Gasteiger partial charge is 0.282 e. The number of amides is 2. The van der Waals surface area contributed by atoms with Gasteiger partial charge in [0.2, 0.25) is 5.95 Å². The lowest BCUT2D eigenvalue weighted by Crippen LogP contribution is -2.48. The van der Waals surface area contributed by atoms with Crippen LogP contribution in [0.25, 0.3) is 5.57 Å². The first-order valence-corrected chi connectivity index (χ1v) is 11.5. The van der Waals surface area contributed by atoms with Gasteiger partial charge in [0.15, 0.2) is 0 Å². The largest absolute Gasteiger partial charge is 0.363 e. The number of imide groups is 1. The van der Waals surface area contributed by atoms with Gasteiger partial charge in [-0.2, -0.15) is 0 Å². The highest BCUT2D eigenvalue weighted by Gasteiger charge is 2.43. The monoisotopic (exact) mass is 453 g/mol. The summed E-state index contributed by atoms with van der Waals surface area (Å²) in [6.45, 7) is 8.58. The molecule has 172 valence electrons. The molecule has 3 heterocycles. The van der Waals surface area contributed by atoms with Gasteiger partial charge in [-0.15, -0.1) is 0 Å². The summed E-state index contributed by atoms with van der Waals surface area (Å²) in [7, 11) is 0. The number of nitrogens with zero attached hydrogens (tertiary/aromatic N) is 5. The van der Waals surface area contributed by atoms with Gasteiger partial charge in [0, 0.05) is 38.6 Å². The van der Waals surface area contributed by atoms with Crippen LogP contribution in [0.15, 0.2) is 66.6 Å². The van der Waals surface area contributed by atoms with Crippen molar-refractivity contribution in [3.63, 3.8) is 0 Å². The quantitative estimate of drug-likeness (QED) is 0.563. The molecule has 2 amide bonds. The fourth-order valence-corrected chi connectivity index (χ4v) is 4.48. The first-order chi connectivity index (χ1) is 16.4. The average molecular weight is 454 g/mol. The normalized spacial score (nSPS) is 16.6. The second-order valence-electron chi connectivity index (χ2n) is 8.83. The van der Waals surface area contributed by atoms with Crippen molar-refractivity contribution in [3.8, 4) is 0 Å². The molecule has 1 aromatic heterocycles. The minimum Gasteiger partial charge on any atom is -0.363 e. The summed E-state index contributed by atoms with van der Waals surface area (Å²) in [6.07, 6.45) is 3.46. The minimum atomic E-state index is -0.277. The fourth-order valence-electron chi connectivity index (χ4n) is 4.48. The van der Waals surface area contributed by atoms with Crippen LogP contribution in [-0.4, -0.2) is 52.9 Å². The number of piperazine rings is 1. The van der Waals surface area contributed by atoms with E-state index >= 15 is 0 Å². The lowest BCUT2D eigenvalue weighted by Gasteiger charge is -2.36. The Morgan fingerprint density at radius 1 is 0.735 bits per heavy atom. The van der Waals surface area contributed by atoms with Crippen molar-refractivity contribution >= 4 is 29.0 Å². The van der Waals surface area contributed by atoms with E-state index in [0.29, 0.717) is 49.1 Å². The van der Waals surface area contributed by atoms with Gasteiger partial charge in [-0.05, 0) is 55.7 Å². The molecule has 0 unspecified atom stereocenters. The summed E-state index contributed by atoms with van der Waals surface area (Å²) >= 11 is 0. The number of benzene rings is 2.